The number of thiophene rings is 1. The molecule has 0 spiro atoms. The number of hydrogen-bond acceptors (Lipinski definition) is 5. The summed E-state index contributed by atoms with van der Waals surface area (Å²) < 4.78 is 59.3. The zero-order chi connectivity index (χ0) is 20.6. The van der Waals surface area contributed by atoms with E-state index in [1.54, 1.807) is 29.0 Å². The summed E-state index contributed by atoms with van der Waals surface area (Å²) in [5.74, 6) is -0.766. The number of halogens is 4. The minimum absolute atomic E-state index is 0.0645. The Morgan fingerprint density at radius 3 is 2.62 bits per heavy atom. The molecule has 1 N–H and O–H groups in total. The smallest absolute Gasteiger partial charge is 0.383 e. The van der Waals surface area contributed by atoms with Crippen LogP contribution in [0.2, 0.25) is 0 Å². The van der Waals surface area contributed by atoms with Gasteiger partial charge >= 0.3 is 6.18 Å². The van der Waals surface area contributed by atoms with Crippen LogP contribution in [0.5, 0.6) is 0 Å². The summed E-state index contributed by atoms with van der Waals surface area (Å²) in [4.78, 5) is 3.94. The van der Waals surface area contributed by atoms with Crippen molar-refractivity contribution >= 4 is 11.3 Å². The molecule has 0 aliphatic rings. The molecule has 0 saturated heterocycles. The first-order valence-electron chi connectivity index (χ1n) is 8.33. The molecule has 4 rings (SSSR count). The Morgan fingerprint density at radius 2 is 1.97 bits per heavy atom. The second-order valence-electron chi connectivity index (χ2n) is 6.17. The molecule has 3 heterocycles. The third kappa shape index (κ3) is 3.66. The van der Waals surface area contributed by atoms with Crippen LogP contribution < -0.4 is 0 Å². The molecule has 9 heteroatoms. The Morgan fingerprint density at radius 1 is 1.14 bits per heavy atom. The average molecular weight is 420 g/mol. The molecule has 4 nitrogen and oxygen atoms in total. The summed E-state index contributed by atoms with van der Waals surface area (Å²) in [6, 6.07) is 6.92. The molecular formula is C20H12F4N2O2S. The third-order valence-corrected chi connectivity index (χ3v) is 5.02. The highest BCUT2D eigenvalue weighted by atomic mass is 32.1. The van der Waals surface area contributed by atoms with Crippen molar-refractivity contribution in [1.82, 2.24) is 10.1 Å². The van der Waals surface area contributed by atoms with Crippen molar-refractivity contribution in [3.05, 3.63) is 82.1 Å². The first-order valence-corrected chi connectivity index (χ1v) is 9.28. The molecule has 1 atom stereocenters. The van der Waals surface area contributed by atoms with E-state index in [9.17, 15) is 22.7 Å². The van der Waals surface area contributed by atoms with Crippen molar-refractivity contribution in [3.63, 3.8) is 0 Å². The lowest BCUT2D eigenvalue weighted by molar-refractivity contribution is -0.137. The predicted octanol–water partition coefficient (Wildman–Crippen LogP) is 5.70. The summed E-state index contributed by atoms with van der Waals surface area (Å²) >= 11 is 1.36. The number of hydrogen-bond donors (Lipinski definition) is 1. The highest BCUT2D eigenvalue weighted by molar-refractivity contribution is 7.08. The van der Waals surface area contributed by atoms with Gasteiger partial charge in [0.25, 0.3) is 0 Å². The lowest BCUT2D eigenvalue weighted by Crippen LogP contribution is -2.07. The van der Waals surface area contributed by atoms with E-state index < -0.39 is 29.2 Å². The van der Waals surface area contributed by atoms with Crippen LogP contribution in [0.15, 0.2) is 64.1 Å². The number of nitrogens with zero attached hydrogens (tertiary/aromatic N) is 2. The third-order valence-electron chi connectivity index (χ3n) is 4.33. The number of pyridine rings is 1. The fourth-order valence-electron chi connectivity index (χ4n) is 2.93. The summed E-state index contributed by atoms with van der Waals surface area (Å²) in [6.07, 6.45) is -3.09. The van der Waals surface area contributed by atoms with Gasteiger partial charge in [-0.15, -0.1) is 0 Å². The topological polar surface area (TPSA) is 59.2 Å². The van der Waals surface area contributed by atoms with Gasteiger partial charge in [0.05, 0.1) is 11.1 Å². The zero-order valence-electron chi connectivity index (χ0n) is 14.5. The second-order valence-corrected chi connectivity index (χ2v) is 6.95. The van der Waals surface area contributed by atoms with E-state index in [1.807, 2.05) is 0 Å². The van der Waals surface area contributed by atoms with Gasteiger partial charge in [0.15, 0.2) is 5.76 Å². The van der Waals surface area contributed by atoms with E-state index >= 15 is 0 Å². The fourth-order valence-corrected chi connectivity index (χ4v) is 3.57. The van der Waals surface area contributed by atoms with Gasteiger partial charge in [0, 0.05) is 34.5 Å². The van der Waals surface area contributed by atoms with Gasteiger partial charge in [-0.2, -0.15) is 24.5 Å². The molecule has 0 bridgehead atoms. The average Bonchev–Trinajstić information content (AvgIpc) is 3.37. The molecule has 4 aromatic rings. The number of alkyl halides is 3. The quantitative estimate of drug-likeness (QED) is 0.430. The molecule has 0 amide bonds. The van der Waals surface area contributed by atoms with Crippen LogP contribution in [0.4, 0.5) is 17.6 Å². The van der Waals surface area contributed by atoms with Gasteiger partial charge in [0.1, 0.15) is 17.6 Å². The Bertz CT molecular complexity index is 1130. The Balaban J connectivity index is 1.94. The normalized spacial score (nSPS) is 12.9. The lowest BCUT2D eigenvalue weighted by atomic mass is 9.94. The molecule has 148 valence electrons. The lowest BCUT2D eigenvalue weighted by Gasteiger charge is -2.13. The van der Waals surface area contributed by atoms with E-state index in [2.05, 4.69) is 10.1 Å². The molecular weight excluding hydrogens is 408 g/mol. The highest BCUT2D eigenvalue weighted by Crippen LogP contribution is 2.41. The standard InChI is InChI=1S/C20H12F4N2O2S/c21-15-4-3-13(20(22,23)24)8-14(15)17-16(18(27)11-2-1-6-25-9-11)19(28-26-17)12-5-7-29-10-12/h1-10,18,27H. The van der Waals surface area contributed by atoms with Crippen LogP contribution in [-0.2, 0) is 6.18 Å². The Labute approximate surface area is 166 Å². The van der Waals surface area contributed by atoms with Gasteiger partial charge in [-0.3, -0.25) is 4.98 Å². The van der Waals surface area contributed by atoms with Crippen LogP contribution in [0.3, 0.4) is 0 Å². The molecule has 0 aliphatic heterocycles. The number of aliphatic hydroxyl groups is 1. The molecule has 0 fully saturated rings. The van der Waals surface area contributed by atoms with Crippen LogP contribution in [0.25, 0.3) is 22.6 Å². The Kier molecular flexibility index (Phi) is 4.93. The van der Waals surface area contributed by atoms with Crippen LogP contribution in [-0.4, -0.2) is 15.2 Å². The maximum absolute atomic E-state index is 14.5. The second kappa shape index (κ2) is 7.41. The van der Waals surface area contributed by atoms with Crippen molar-refractivity contribution in [2.75, 3.05) is 0 Å². The van der Waals surface area contributed by atoms with E-state index in [4.69, 9.17) is 4.52 Å². The van der Waals surface area contributed by atoms with Gasteiger partial charge in [0.2, 0.25) is 0 Å². The van der Waals surface area contributed by atoms with E-state index in [-0.39, 0.29) is 17.0 Å². The first-order chi connectivity index (χ1) is 13.9. The van der Waals surface area contributed by atoms with Crippen molar-refractivity contribution in [3.8, 4) is 22.6 Å². The van der Waals surface area contributed by atoms with Gasteiger partial charge < -0.3 is 9.63 Å². The zero-order valence-corrected chi connectivity index (χ0v) is 15.3. The molecule has 0 saturated carbocycles. The number of aromatic nitrogens is 2. The fraction of sp³-hybridized carbons (Fsp3) is 0.100. The maximum Gasteiger partial charge on any atom is 0.416 e. The monoisotopic (exact) mass is 420 g/mol. The van der Waals surface area contributed by atoms with Crippen molar-refractivity contribution in [2.45, 2.75) is 12.3 Å². The van der Waals surface area contributed by atoms with Gasteiger partial charge in [-0.25, -0.2) is 4.39 Å². The number of rotatable bonds is 4. The number of benzene rings is 1. The van der Waals surface area contributed by atoms with Crippen LogP contribution in [0, 0.1) is 5.82 Å². The maximum atomic E-state index is 14.5. The molecule has 1 unspecified atom stereocenters. The predicted molar refractivity (Wildman–Crippen MR) is 98.5 cm³/mol. The summed E-state index contributed by atoms with van der Waals surface area (Å²) in [5, 5.41) is 18.3. The van der Waals surface area contributed by atoms with E-state index in [0.29, 0.717) is 23.3 Å². The minimum atomic E-state index is -4.66. The summed E-state index contributed by atoms with van der Waals surface area (Å²) in [6.45, 7) is 0. The van der Waals surface area contributed by atoms with E-state index in [1.165, 1.54) is 23.7 Å². The molecule has 0 radical (unpaired) electrons. The highest BCUT2D eigenvalue weighted by Gasteiger charge is 2.33. The summed E-state index contributed by atoms with van der Waals surface area (Å²) in [5.41, 5.74) is -0.653. The molecule has 1 aromatic carbocycles. The van der Waals surface area contributed by atoms with Crippen molar-refractivity contribution < 1.29 is 27.2 Å². The number of aliphatic hydroxyl groups excluding tert-OH is 1. The van der Waals surface area contributed by atoms with Crippen molar-refractivity contribution in [1.29, 1.82) is 0 Å². The van der Waals surface area contributed by atoms with Gasteiger partial charge in [-0.05, 0) is 35.7 Å². The largest absolute Gasteiger partial charge is 0.416 e. The minimum Gasteiger partial charge on any atom is -0.383 e. The summed E-state index contributed by atoms with van der Waals surface area (Å²) in [7, 11) is 0. The molecule has 29 heavy (non-hydrogen) atoms. The van der Waals surface area contributed by atoms with E-state index in [0.717, 1.165) is 6.07 Å². The van der Waals surface area contributed by atoms with Crippen molar-refractivity contribution in [2.24, 2.45) is 0 Å². The first kappa shape index (κ1) is 19.3. The Hall–Kier alpha value is -3.04. The van der Waals surface area contributed by atoms with Gasteiger partial charge in [-0.1, -0.05) is 11.2 Å². The molecule has 0 aliphatic carbocycles. The SMILES string of the molecule is OC(c1cccnc1)c1c(-c2cc(C(F)(F)F)ccc2F)noc1-c1ccsc1. The van der Waals surface area contributed by atoms with Crippen LogP contribution >= 0.6 is 11.3 Å². The van der Waals surface area contributed by atoms with Crippen LogP contribution in [0.1, 0.15) is 22.8 Å². The molecule has 3 aromatic heterocycles.